The van der Waals surface area contributed by atoms with Gasteiger partial charge in [-0.1, -0.05) is 26.2 Å². The van der Waals surface area contributed by atoms with Crippen molar-refractivity contribution >= 4 is 0 Å². The quantitative estimate of drug-likeness (QED) is 0.806. The highest BCUT2D eigenvalue weighted by Crippen LogP contribution is 2.27. The number of hydrogen-bond donors (Lipinski definition) is 1. The van der Waals surface area contributed by atoms with Crippen LogP contribution in [-0.4, -0.2) is 36.6 Å². The molecular formula is C16H32N2. The van der Waals surface area contributed by atoms with E-state index in [-0.39, 0.29) is 0 Å². The molecule has 2 atom stereocenters. The summed E-state index contributed by atoms with van der Waals surface area (Å²) in [5, 5.41) is 3.70. The Kier molecular flexibility index (Phi) is 5.97. The summed E-state index contributed by atoms with van der Waals surface area (Å²) in [7, 11) is 0. The predicted molar refractivity (Wildman–Crippen MR) is 78.9 cm³/mol. The van der Waals surface area contributed by atoms with Gasteiger partial charge in [-0.05, 0) is 58.0 Å². The van der Waals surface area contributed by atoms with Crippen LogP contribution in [0.3, 0.4) is 0 Å². The van der Waals surface area contributed by atoms with Gasteiger partial charge < -0.3 is 10.2 Å². The number of likely N-dealkylation sites (tertiary alicyclic amines) is 1. The summed E-state index contributed by atoms with van der Waals surface area (Å²) < 4.78 is 0. The lowest BCUT2D eigenvalue weighted by atomic mass is 9.87. The zero-order valence-corrected chi connectivity index (χ0v) is 12.5. The van der Waals surface area contributed by atoms with Crippen LogP contribution >= 0.6 is 0 Å². The molecule has 0 aromatic heterocycles. The lowest BCUT2D eigenvalue weighted by Gasteiger charge is -2.40. The fourth-order valence-electron chi connectivity index (χ4n) is 3.73. The minimum Gasteiger partial charge on any atom is -0.314 e. The van der Waals surface area contributed by atoms with Gasteiger partial charge in [-0.2, -0.15) is 0 Å². The molecule has 0 amide bonds. The van der Waals surface area contributed by atoms with Gasteiger partial charge in [-0.25, -0.2) is 0 Å². The predicted octanol–water partition coefficient (Wildman–Crippen LogP) is 3.42. The van der Waals surface area contributed by atoms with Gasteiger partial charge in [0.05, 0.1) is 0 Å². The summed E-state index contributed by atoms with van der Waals surface area (Å²) >= 11 is 0. The molecule has 2 aliphatic rings. The molecule has 0 radical (unpaired) electrons. The molecule has 1 heterocycles. The molecule has 2 nitrogen and oxygen atoms in total. The van der Waals surface area contributed by atoms with Crippen molar-refractivity contribution in [3.05, 3.63) is 0 Å². The Morgan fingerprint density at radius 1 is 1.11 bits per heavy atom. The first-order chi connectivity index (χ1) is 8.79. The lowest BCUT2D eigenvalue weighted by molar-refractivity contribution is 0.105. The standard InChI is InChI=1S/C16H32N2/c1-3-10-17-16-9-11-18(14(2)12-16)13-15-7-5-4-6-8-15/h14-17H,3-13H2,1-2H3. The third-order valence-corrected chi connectivity index (χ3v) is 4.91. The molecule has 1 N–H and O–H groups in total. The summed E-state index contributed by atoms with van der Waals surface area (Å²) in [5.41, 5.74) is 0. The second kappa shape index (κ2) is 7.49. The number of nitrogens with one attached hydrogen (secondary N) is 1. The highest BCUT2D eigenvalue weighted by molar-refractivity contribution is 4.84. The van der Waals surface area contributed by atoms with Crippen LogP contribution in [-0.2, 0) is 0 Å². The van der Waals surface area contributed by atoms with Gasteiger partial charge >= 0.3 is 0 Å². The first-order valence-electron chi connectivity index (χ1n) is 8.27. The van der Waals surface area contributed by atoms with Crippen molar-refractivity contribution in [2.24, 2.45) is 5.92 Å². The highest BCUT2D eigenvalue weighted by atomic mass is 15.2. The molecule has 2 unspecified atom stereocenters. The molecule has 0 aromatic carbocycles. The SMILES string of the molecule is CCCNC1CCN(CC2CCCCC2)C(C)C1. The summed E-state index contributed by atoms with van der Waals surface area (Å²) in [4.78, 5) is 2.76. The summed E-state index contributed by atoms with van der Waals surface area (Å²) in [6, 6.07) is 1.57. The zero-order valence-electron chi connectivity index (χ0n) is 12.5. The second-order valence-electron chi connectivity index (χ2n) is 6.52. The monoisotopic (exact) mass is 252 g/mol. The Labute approximate surface area is 114 Å². The highest BCUT2D eigenvalue weighted by Gasteiger charge is 2.27. The first kappa shape index (κ1) is 14.3. The molecule has 106 valence electrons. The number of piperidine rings is 1. The van der Waals surface area contributed by atoms with Crippen LogP contribution in [0, 0.1) is 5.92 Å². The largest absolute Gasteiger partial charge is 0.314 e. The molecule has 0 aromatic rings. The fourth-order valence-corrected chi connectivity index (χ4v) is 3.73. The van der Waals surface area contributed by atoms with Crippen molar-refractivity contribution in [1.29, 1.82) is 0 Å². The van der Waals surface area contributed by atoms with Crippen molar-refractivity contribution in [2.45, 2.75) is 77.3 Å². The maximum Gasteiger partial charge on any atom is 0.00940 e. The van der Waals surface area contributed by atoms with Crippen molar-refractivity contribution in [1.82, 2.24) is 10.2 Å². The normalized spacial score (nSPS) is 31.7. The number of nitrogens with zero attached hydrogens (tertiary/aromatic N) is 1. The lowest BCUT2D eigenvalue weighted by Crippen LogP contribution is -2.49. The summed E-state index contributed by atoms with van der Waals surface area (Å²) in [5.74, 6) is 1.00. The third-order valence-electron chi connectivity index (χ3n) is 4.91. The van der Waals surface area contributed by atoms with Gasteiger partial charge in [0.25, 0.3) is 0 Å². The summed E-state index contributed by atoms with van der Waals surface area (Å²) in [6.45, 7) is 8.58. The van der Waals surface area contributed by atoms with E-state index in [2.05, 4.69) is 24.1 Å². The second-order valence-corrected chi connectivity index (χ2v) is 6.52. The molecule has 0 bridgehead atoms. The van der Waals surface area contributed by atoms with E-state index >= 15 is 0 Å². The third kappa shape index (κ3) is 4.24. The first-order valence-corrected chi connectivity index (χ1v) is 8.27. The van der Waals surface area contributed by atoms with Crippen LogP contribution < -0.4 is 5.32 Å². The molecule has 1 aliphatic carbocycles. The van der Waals surface area contributed by atoms with Gasteiger partial charge in [0.15, 0.2) is 0 Å². The Bertz CT molecular complexity index is 223. The van der Waals surface area contributed by atoms with E-state index < -0.39 is 0 Å². The van der Waals surface area contributed by atoms with Crippen LogP contribution in [0.1, 0.15) is 65.2 Å². The Hall–Kier alpha value is -0.0800. The molecule has 2 fully saturated rings. The van der Waals surface area contributed by atoms with E-state index in [0.717, 1.165) is 18.0 Å². The average Bonchev–Trinajstić information content (AvgIpc) is 2.40. The minimum atomic E-state index is 0.780. The van der Waals surface area contributed by atoms with Gasteiger partial charge in [-0.3, -0.25) is 0 Å². The van der Waals surface area contributed by atoms with Crippen LogP contribution in [0.2, 0.25) is 0 Å². The van der Waals surface area contributed by atoms with Gasteiger partial charge in [0.2, 0.25) is 0 Å². The van der Waals surface area contributed by atoms with Crippen molar-refractivity contribution < 1.29 is 0 Å². The Balaban J connectivity index is 1.71. The number of rotatable bonds is 5. The van der Waals surface area contributed by atoms with Crippen molar-refractivity contribution in [3.8, 4) is 0 Å². The fraction of sp³-hybridized carbons (Fsp3) is 1.00. The zero-order chi connectivity index (χ0) is 12.8. The topological polar surface area (TPSA) is 15.3 Å². The van der Waals surface area contributed by atoms with E-state index in [1.54, 1.807) is 0 Å². The van der Waals surface area contributed by atoms with Crippen molar-refractivity contribution in [3.63, 3.8) is 0 Å². The molecule has 1 saturated heterocycles. The molecule has 2 rings (SSSR count). The van der Waals surface area contributed by atoms with Crippen LogP contribution in [0.25, 0.3) is 0 Å². The number of hydrogen-bond acceptors (Lipinski definition) is 2. The Morgan fingerprint density at radius 2 is 1.89 bits per heavy atom. The Morgan fingerprint density at radius 3 is 2.56 bits per heavy atom. The molecule has 1 aliphatic heterocycles. The molecule has 0 spiro atoms. The van der Waals surface area contributed by atoms with Crippen molar-refractivity contribution in [2.75, 3.05) is 19.6 Å². The van der Waals surface area contributed by atoms with Crippen LogP contribution in [0.15, 0.2) is 0 Å². The van der Waals surface area contributed by atoms with Crippen LogP contribution in [0.5, 0.6) is 0 Å². The molecule has 2 heteroatoms. The smallest absolute Gasteiger partial charge is 0.00940 e. The average molecular weight is 252 g/mol. The van der Waals surface area contributed by atoms with Gasteiger partial charge in [0, 0.05) is 18.6 Å². The van der Waals surface area contributed by atoms with Gasteiger partial charge in [-0.15, -0.1) is 0 Å². The molecular weight excluding hydrogens is 220 g/mol. The van der Waals surface area contributed by atoms with E-state index in [9.17, 15) is 0 Å². The van der Waals surface area contributed by atoms with Gasteiger partial charge in [0.1, 0.15) is 0 Å². The maximum atomic E-state index is 3.70. The molecule has 1 saturated carbocycles. The van der Waals surface area contributed by atoms with E-state index in [0.29, 0.717) is 0 Å². The minimum absolute atomic E-state index is 0.780. The maximum absolute atomic E-state index is 3.70. The van der Waals surface area contributed by atoms with E-state index in [1.807, 2.05) is 0 Å². The molecule has 18 heavy (non-hydrogen) atoms. The van der Waals surface area contributed by atoms with E-state index in [4.69, 9.17) is 0 Å². The summed E-state index contributed by atoms with van der Waals surface area (Å²) in [6.07, 6.45) is 11.4. The van der Waals surface area contributed by atoms with E-state index in [1.165, 1.54) is 71.0 Å². The van der Waals surface area contributed by atoms with Crippen LogP contribution in [0.4, 0.5) is 0 Å².